The maximum Gasteiger partial charge on any atom is 0.264 e. The van der Waals surface area contributed by atoms with Gasteiger partial charge in [-0.05, 0) is 54.1 Å². The lowest BCUT2D eigenvalue weighted by molar-refractivity contribution is -0.127. The van der Waals surface area contributed by atoms with E-state index in [0.717, 1.165) is 11.3 Å². The molecule has 1 unspecified atom stereocenters. The van der Waals surface area contributed by atoms with Gasteiger partial charge in [0.1, 0.15) is 11.5 Å². The van der Waals surface area contributed by atoms with Gasteiger partial charge in [-0.1, -0.05) is 35.9 Å². The van der Waals surface area contributed by atoms with Crippen molar-refractivity contribution in [1.29, 1.82) is 0 Å². The lowest BCUT2D eigenvalue weighted by atomic mass is 10.2. The predicted molar refractivity (Wildman–Crippen MR) is 122 cm³/mol. The predicted octanol–water partition coefficient (Wildman–Crippen LogP) is 3.62. The van der Waals surface area contributed by atoms with E-state index in [4.69, 9.17) is 21.1 Å². The molecule has 0 aromatic heterocycles. The third-order valence-electron chi connectivity index (χ3n) is 5.05. The smallest absolute Gasteiger partial charge is 0.264 e. The first-order chi connectivity index (χ1) is 15.4. The standard InChI is InChI=1S/C23H21ClN2O5S/c1-30-18-10-6-16(7-11-18)14-25-23(27)22-15-26(20-4-2-3-5-21(20)31-22)32(28,29)19-12-8-17(24)9-13-19/h2-13,22H,14-15H2,1H3,(H,25,27). The molecule has 3 aromatic carbocycles. The fourth-order valence-corrected chi connectivity index (χ4v) is 4.95. The van der Waals surface area contributed by atoms with Crippen molar-refractivity contribution in [2.24, 2.45) is 0 Å². The number of sulfonamides is 1. The summed E-state index contributed by atoms with van der Waals surface area (Å²) < 4.78 is 38.9. The molecule has 0 bridgehead atoms. The van der Waals surface area contributed by atoms with E-state index in [1.165, 1.54) is 28.6 Å². The Bertz CT molecular complexity index is 1210. The lowest BCUT2D eigenvalue weighted by Gasteiger charge is -2.34. The Kier molecular flexibility index (Phi) is 6.25. The van der Waals surface area contributed by atoms with Gasteiger partial charge in [0.25, 0.3) is 15.9 Å². The van der Waals surface area contributed by atoms with Gasteiger partial charge < -0.3 is 14.8 Å². The second-order valence-electron chi connectivity index (χ2n) is 7.13. The monoisotopic (exact) mass is 472 g/mol. The van der Waals surface area contributed by atoms with E-state index in [1.54, 1.807) is 43.5 Å². The Morgan fingerprint density at radius 2 is 1.78 bits per heavy atom. The third-order valence-corrected chi connectivity index (χ3v) is 7.10. The molecule has 9 heteroatoms. The van der Waals surface area contributed by atoms with Gasteiger partial charge in [0.15, 0.2) is 6.10 Å². The van der Waals surface area contributed by atoms with Gasteiger partial charge >= 0.3 is 0 Å². The Hall–Kier alpha value is -3.23. The van der Waals surface area contributed by atoms with Crippen LogP contribution >= 0.6 is 11.6 Å². The number of hydrogen-bond donors (Lipinski definition) is 1. The average Bonchev–Trinajstić information content (AvgIpc) is 2.82. The molecule has 1 atom stereocenters. The van der Waals surface area contributed by atoms with Gasteiger partial charge in [-0.2, -0.15) is 0 Å². The van der Waals surface area contributed by atoms with Crippen molar-refractivity contribution in [3.63, 3.8) is 0 Å². The van der Waals surface area contributed by atoms with Gasteiger partial charge in [-0.15, -0.1) is 0 Å². The molecule has 0 radical (unpaired) electrons. The molecule has 1 amide bonds. The molecule has 4 rings (SSSR count). The van der Waals surface area contributed by atoms with E-state index in [9.17, 15) is 13.2 Å². The Balaban J connectivity index is 1.56. The fourth-order valence-electron chi connectivity index (χ4n) is 3.35. The fraction of sp³-hybridized carbons (Fsp3) is 0.174. The van der Waals surface area contributed by atoms with Gasteiger partial charge in [-0.3, -0.25) is 9.10 Å². The summed E-state index contributed by atoms with van der Waals surface area (Å²) in [4.78, 5) is 12.9. The van der Waals surface area contributed by atoms with Crippen molar-refractivity contribution >= 4 is 33.2 Å². The number of fused-ring (bicyclic) bond motifs is 1. The zero-order valence-corrected chi connectivity index (χ0v) is 18.8. The van der Waals surface area contributed by atoms with Crippen LogP contribution < -0.4 is 19.1 Å². The Labute approximate surface area is 191 Å². The summed E-state index contributed by atoms with van der Waals surface area (Å²) >= 11 is 5.91. The maximum absolute atomic E-state index is 13.4. The Morgan fingerprint density at radius 1 is 1.09 bits per heavy atom. The molecule has 166 valence electrons. The number of methoxy groups -OCH3 is 1. The van der Waals surface area contributed by atoms with Crippen molar-refractivity contribution in [3.8, 4) is 11.5 Å². The molecular formula is C23H21ClN2O5S. The highest BCUT2D eigenvalue weighted by molar-refractivity contribution is 7.92. The number of benzene rings is 3. The zero-order chi connectivity index (χ0) is 22.7. The van der Waals surface area contributed by atoms with Crippen LogP contribution in [0.3, 0.4) is 0 Å². The quantitative estimate of drug-likeness (QED) is 0.592. The summed E-state index contributed by atoms with van der Waals surface area (Å²) in [7, 11) is -2.35. The van der Waals surface area contributed by atoms with E-state index in [2.05, 4.69) is 5.32 Å². The van der Waals surface area contributed by atoms with Gasteiger partial charge in [0.2, 0.25) is 0 Å². The van der Waals surface area contributed by atoms with Crippen molar-refractivity contribution in [1.82, 2.24) is 5.32 Å². The van der Waals surface area contributed by atoms with Crippen LogP contribution in [-0.4, -0.2) is 34.1 Å². The Morgan fingerprint density at radius 3 is 2.47 bits per heavy atom. The van der Waals surface area contributed by atoms with Gasteiger partial charge in [-0.25, -0.2) is 8.42 Å². The molecule has 32 heavy (non-hydrogen) atoms. The summed E-state index contributed by atoms with van der Waals surface area (Å²) in [5.41, 5.74) is 1.25. The largest absolute Gasteiger partial charge is 0.497 e. The highest BCUT2D eigenvalue weighted by Gasteiger charge is 2.37. The first kappa shape index (κ1) is 22.0. The summed E-state index contributed by atoms with van der Waals surface area (Å²) in [6.07, 6.45) is -1.01. The molecule has 7 nitrogen and oxygen atoms in total. The van der Waals surface area contributed by atoms with Crippen molar-refractivity contribution in [2.75, 3.05) is 18.0 Å². The normalized spacial score (nSPS) is 15.4. The molecule has 3 aromatic rings. The number of carbonyl (C=O) groups excluding carboxylic acids is 1. The van der Waals surface area contributed by atoms with Gasteiger partial charge in [0, 0.05) is 11.6 Å². The molecule has 1 heterocycles. The number of nitrogens with zero attached hydrogens (tertiary/aromatic N) is 1. The third kappa shape index (κ3) is 4.51. The van der Waals surface area contributed by atoms with Crippen LogP contribution in [0.2, 0.25) is 5.02 Å². The minimum atomic E-state index is -3.93. The highest BCUT2D eigenvalue weighted by Crippen LogP contribution is 2.37. The summed E-state index contributed by atoms with van der Waals surface area (Å²) in [6, 6.07) is 19.9. The maximum atomic E-state index is 13.4. The van der Waals surface area contributed by atoms with Crippen LogP contribution in [0.15, 0.2) is 77.7 Å². The van der Waals surface area contributed by atoms with Crippen LogP contribution in [0.25, 0.3) is 0 Å². The molecule has 0 aliphatic carbocycles. The lowest BCUT2D eigenvalue weighted by Crippen LogP contribution is -2.50. The van der Waals surface area contributed by atoms with Gasteiger partial charge in [0.05, 0.1) is 24.2 Å². The first-order valence-corrected chi connectivity index (χ1v) is 11.6. The topological polar surface area (TPSA) is 84.9 Å². The number of ether oxygens (including phenoxy) is 2. The minimum Gasteiger partial charge on any atom is -0.497 e. The zero-order valence-electron chi connectivity index (χ0n) is 17.2. The summed E-state index contributed by atoms with van der Waals surface area (Å²) in [6.45, 7) is 0.116. The number of carbonyl (C=O) groups is 1. The van der Waals surface area contributed by atoms with E-state index >= 15 is 0 Å². The average molecular weight is 473 g/mol. The van der Waals surface area contributed by atoms with E-state index < -0.39 is 22.0 Å². The number of anilines is 1. The van der Waals surface area contributed by atoms with Crippen LogP contribution in [0.1, 0.15) is 5.56 Å². The van der Waals surface area contributed by atoms with Crippen LogP contribution in [-0.2, 0) is 21.4 Å². The van der Waals surface area contributed by atoms with Crippen molar-refractivity contribution in [2.45, 2.75) is 17.5 Å². The molecule has 1 aliphatic heterocycles. The van der Waals surface area contributed by atoms with Crippen molar-refractivity contribution < 1.29 is 22.7 Å². The molecule has 0 saturated heterocycles. The molecule has 1 aliphatic rings. The van der Waals surface area contributed by atoms with Crippen LogP contribution in [0.5, 0.6) is 11.5 Å². The summed E-state index contributed by atoms with van der Waals surface area (Å²) in [5.74, 6) is 0.628. The van der Waals surface area contributed by atoms with Crippen LogP contribution in [0, 0.1) is 0 Å². The SMILES string of the molecule is COc1ccc(CNC(=O)C2CN(S(=O)(=O)c3ccc(Cl)cc3)c3ccccc3O2)cc1. The highest BCUT2D eigenvalue weighted by atomic mass is 35.5. The first-order valence-electron chi connectivity index (χ1n) is 9.83. The van der Waals surface area contributed by atoms with E-state index in [-0.39, 0.29) is 18.0 Å². The van der Waals surface area contributed by atoms with Crippen LogP contribution in [0.4, 0.5) is 5.69 Å². The summed E-state index contributed by atoms with van der Waals surface area (Å²) in [5, 5.41) is 3.25. The number of nitrogens with one attached hydrogen (secondary N) is 1. The molecule has 0 spiro atoms. The molecule has 0 saturated carbocycles. The number of rotatable bonds is 6. The minimum absolute atomic E-state index is 0.0796. The second kappa shape index (κ2) is 9.10. The molecule has 0 fully saturated rings. The second-order valence-corrected chi connectivity index (χ2v) is 9.43. The van der Waals surface area contributed by atoms with E-state index in [0.29, 0.717) is 16.5 Å². The number of para-hydroxylation sites is 2. The molecule has 1 N–H and O–H groups in total. The van der Waals surface area contributed by atoms with E-state index in [1.807, 2.05) is 12.1 Å². The van der Waals surface area contributed by atoms with Crippen molar-refractivity contribution in [3.05, 3.63) is 83.4 Å². The number of amides is 1. The number of halogens is 1. The number of hydrogen-bond acceptors (Lipinski definition) is 5. The molecular weight excluding hydrogens is 452 g/mol.